The molecular weight excluding hydrogens is 345 g/mol. The van der Waals surface area contributed by atoms with Crippen molar-refractivity contribution >= 4 is 23.2 Å². The first-order valence-electron chi connectivity index (χ1n) is 6.69. The first-order chi connectivity index (χ1) is 11.2. The van der Waals surface area contributed by atoms with Gasteiger partial charge in [-0.15, -0.1) is 0 Å². The van der Waals surface area contributed by atoms with E-state index in [1.165, 1.54) is 18.2 Å². The zero-order valence-corrected chi connectivity index (χ0v) is 13.1. The second-order valence-electron chi connectivity index (χ2n) is 4.87. The fourth-order valence-corrected chi connectivity index (χ4v) is 2.04. The summed E-state index contributed by atoms with van der Waals surface area (Å²) in [7, 11) is 0. The van der Waals surface area contributed by atoms with Crippen LogP contribution in [0, 0.1) is 0 Å². The van der Waals surface area contributed by atoms with E-state index in [1.807, 2.05) is 0 Å². The summed E-state index contributed by atoms with van der Waals surface area (Å²) < 4.78 is 37.4. The van der Waals surface area contributed by atoms with Crippen molar-refractivity contribution in [2.75, 3.05) is 0 Å². The third kappa shape index (κ3) is 4.26. The molecule has 0 aliphatic rings. The molecule has 24 heavy (non-hydrogen) atoms. The molecule has 0 atom stereocenters. The van der Waals surface area contributed by atoms with E-state index >= 15 is 0 Å². The number of hydrogen-bond acceptors (Lipinski definition) is 3. The quantitative estimate of drug-likeness (QED) is 0.639. The lowest BCUT2D eigenvalue weighted by Crippen LogP contribution is -2.19. The lowest BCUT2D eigenvalue weighted by molar-refractivity contribution is -0.137. The lowest BCUT2D eigenvalue weighted by atomic mass is 10.1. The van der Waals surface area contributed by atoms with Crippen molar-refractivity contribution in [3.05, 3.63) is 64.2 Å². The number of hydrazone groups is 1. The Balaban J connectivity index is 2.13. The number of alkyl halides is 3. The van der Waals surface area contributed by atoms with Gasteiger partial charge < -0.3 is 5.11 Å². The first kappa shape index (κ1) is 17.8. The van der Waals surface area contributed by atoms with E-state index < -0.39 is 17.6 Å². The summed E-state index contributed by atoms with van der Waals surface area (Å²) in [6, 6.07) is 8.09. The topological polar surface area (TPSA) is 61.7 Å². The van der Waals surface area contributed by atoms with Crippen molar-refractivity contribution < 1.29 is 23.1 Å². The van der Waals surface area contributed by atoms with E-state index in [-0.39, 0.29) is 17.0 Å². The Kier molecular flexibility index (Phi) is 5.14. The Hall–Kier alpha value is -2.54. The van der Waals surface area contributed by atoms with Crippen LogP contribution in [0.5, 0.6) is 5.75 Å². The average Bonchev–Trinajstić information content (AvgIpc) is 2.53. The van der Waals surface area contributed by atoms with Crippen LogP contribution in [-0.4, -0.2) is 16.7 Å². The summed E-state index contributed by atoms with van der Waals surface area (Å²) in [6.45, 7) is 1.54. The van der Waals surface area contributed by atoms with Crippen LogP contribution in [-0.2, 0) is 6.18 Å². The van der Waals surface area contributed by atoms with Gasteiger partial charge in [0, 0.05) is 16.1 Å². The Bertz CT molecular complexity index is 787. The number of rotatable bonds is 3. The molecule has 0 radical (unpaired) electrons. The highest BCUT2D eigenvalue weighted by Crippen LogP contribution is 2.29. The molecule has 0 aliphatic carbocycles. The molecule has 2 aromatic rings. The molecule has 0 unspecified atom stereocenters. The van der Waals surface area contributed by atoms with Gasteiger partial charge in [-0.25, -0.2) is 5.43 Å². The van der Waals surface area contributed by atoms with Crippen LogP contribution in [0.25, 0.3) is 0 Å². The van der Waals surface area contributed by atoms with E-state index in [1.54, 1.807) is 6.92 Å². The second-order valence-corrected chi connectivity index (χ2v) is 5.31. The number of hydrogen-bond donors (Lipinski definition) is 2. The Labute approximate surface area is 140 Å². The number of phenols is 1. The highest BCUT2D eigenvalue weighted by Gasteiger charge is 2.30. The maximum Gasteiger partial charge on any atom is 0.416 e. The normalized spacial score (nSPS) is 12.1. The van der Waals surface area contributed by atoms with Crippen LogP contribution in [0.2, 0.25) is 5.02 Å². The molecule has 0 bridgehead atoms. The third-order valence-corrected chi connectivity index (χ3v) is 3.38. The zero-order valence-electron chi connectivity index (χ0n) is 12.4. The zero-order chi connectivity index (χ0) is 17.9. The van der Waals surface area contributed by atoms with Crippen LogP contribution in [0.1, 0.15) is 28.4 Å². The van der Waals surface area contributed by atoms with Gasteiger partial charge in [0.25, 0.3) is 5.91 Å². The van der Waals surface area contributed by atoms with Crippen molar-refractivity contribution in [1.82, 2.24) is 5.43 Å². The smallest absolute Gasteiger partial charge is 0.416 e. The van der Waals surface area contributed by atoms with E-state index in [4.69, 9.17) is 11.6 Å². The fraction of sp³-hybridized carbons (Fsp3) is 0.125. The highest BCUT2D eigenvalue weighted by atomic mass is 35.5. The van der Waals surface area contributed by atoms with E-state index in [2.05, 4.69) is 10.5 Å². The van der Waals surface area contributed by atoms with Gasteiger partial charge in [0.1, 0.15) is 5.75 Å². The predicted octanol–water partition coefficient (Wildman–Crippen LogP) is 4.22. The number of nitrogens with one attached hydrogen (secondary N) is 1. The minimum atomic E-state index is -4.46. The van der Waals surface area contributed by atoms with Gasteiger partial charge in [0.2, 0.25) is 0 Å². The standard InChI is InChI=1S/C16H12ClF3N2O2/c1-9(13-8-12(17)6-7-14(13)23)21-22-15(24)10-2-4-11(5-3-10)16(18,19)20/h2-8,23H,1H3,(H,22,24). The number of amides is 1. The molecule has 0 aliphatic heterocycles. The largest absolute Gasteiger partial charge is 0.507 e. The molecule has 0 fully saturated rings. The van der Waals surface area contributed by atoms with Gasteiger partial charge in [-0.3, -0.25) is 4.79 Å². The van der Waals surface area contributed by atoms with Crippen LogP contribution in [0.4, 0.5) is 13.2 Å². The minimum Gasteiger partial charge on any atom is -0.507 e. The number of benzene rings is 2. The molecule has 0 aromatic heterocycles. The number of halogens is 4. The Morgan fingerprint density at radius 1 is 1.17 bits per heavy atom. The molecule has 8 heteroatoms. The third-order valence-electron chi connectivity index (χ3n) is 3.15. The maximum absolute atomic E-state index is 12.5. The van der Waals surface area contributed by atoms with E-state index in [0.29, 0.717) is 10.6 Å². The van der Waals surface area contributed by atoms with Crippen molar-refractivity contribution in [3.8, 4) is 5.75 Å². The monoisotopic (exact) mass is 356 g/mol. The molecule has 0 spiro atoms. The van der Waals surface area contributed by atoms with Gasteiger partial charge in [-0.05, 0) is 49.4 Å². The molecule has 2 aromatic carbocycles. The number of phenolic OH excluding ortho intramolecular Hbond substituents is 1. The molecule has 126 valence electrons. The van der Waals surface area contributed by atoms with Crippen LogP contribution < -0.4 is 5.43 Å². The van der Waals surface area contributed by atoms with Gasteiger partial charge in [-0.1, -0.05) is 11.6 Å². The number of carbonyl (C=O) groups is 1. The number of aromatic hydroxyl groups is 1. The molecular formula is C16H12ClF3N2O2. The Morgan fingerprint density at radius 2 is 1.79 bits per heavy atom. The summed E-state index contributed by atoms with van der Waals surface area (Å²) in [5.74, 6) is -0.742. The average molecular weight is 357 g/mol. The number of carbonyl (C=O) groups excluding carboxylic acids is 1. The van der Waals surface area contributed by atoms with E-state index in [0.717, 1.165) is 24.3 Å². The summed E-state index contributed by atoms with van der Waals surface area (Å²) in [5, 5.41) is 13.9. The van der Waals surface area contributed by atoms with Crippen LogP contribution >= 0.6 is 11.6 Å². The van der Waals surface area contributed by atoms with Crippen molar-refractivity contribution in [1.29, 1.82) is 0 Å². The lowest BCUT2D eigenvalue weighted by Gasteiger charge is -2.08. The van der Waals surface area contributed by atoms with Crippen molar-refractivity contribution in [2.45, 2.75) is 13.1 Å². The van der Waals surface area contributed by atoms with Gasteiger partial charge in [0.15, 0.2) is 0 Å². The van der Waals surface area contributed by atoms with Crippen LogP contribution in [0.3, 0.4) is 0 Å². The molecule has 2 rings (SSSR count). The van der Waals surface area contributed by atoms with Crippen molar-refractivity contribution in [2.24, 2.45) is 5.10 Å². The number of nitrogens with zero attached hydrogens (tertiary/aromatic N) is 1. The van der Waals surface area contributed by atoms with Crippen molar-refractivity contribution in [3.63, 3.8) is 0 Å². The fourth-order valence-electron chi connectivity index (χ4n) is 1.87. The maximum atomic E-state index is 12.5. The first-order valence-corrected chi connectivity index (χ1v) is 7.07. The Morgan fingerprint density at radius 3 is 2.38 bits per heavy atom. The highest BCUT2D eigenvalue weighted by molar-refractivity contribution is 6.31. The van der Waals surface area contributed by atoms with Gasteiger partial charge in [0.05, 0.1) is 11.3 Å². The van der Waals surface area contributed by atoms with Crippen LogP contribution in [0.15, 0.2) is 47.6 Å². The summed E-state index contributed by atoms with van der Waals surface area (Å²) in [6.07, 6.45) is -4.46. The minimum absolute atomic E-state index is 0.0230. The summed E-state index contributed by atoms with van der Waals surface area (Å²) >= 11 is 5.83. The SMILES string of the molecule is CC(=NNC(=O)c1ccc(C(F)(F)F)cc1)c1cc(Cl)ccc1O. The molecule has 0 saturated carbocycles. The molecule has 1 amide bonds. The second kappa shape index (κ2) is 6.92. The predicted molar refractivity (Wildman–Crippen MR) is 84.2 cm³/mol. The summed E-state index contributed by atoms with van der Waals surface area (Å²) in [4.78, 5) is 11.9. The molecule has 0 saturated heterocycles. The molecule has 2 N–H and O–H groups in total. The summed E-state index contributed by atoms with van der Waals surface area (Å²) in [5.41, 5.74) is 2.01. The molecule has 4 nitrogen and oxygen atoms in total. The van der Waals surface area contributed by atoms with E-state index in [9.17, 15) is 23.1 Å². The van der Waals surface area contributed by atoms with Gasteiger partial charge in [-0.2, -0.15) is 18.3 Å². The molecule has 0 heterocycles. The van der Waals surface area contributed by atoms with Gasteiger partial charge >= 0.3 is 6.18 Å².